The molecule has 0 aromatic carbocycles. The van der Waals surface area contributed by atoms with Crippen LogP contribution in [-0.2, 0) is 43.7 Å². The van der Waals surface area contributed by atoms with E-state index in [1.165, 1.54) is 5.56 Å². The highest BCUT2D eigenvalue weighted by atomic mass is 127. The first kappa shape index (κ1) is 38.5. The van der Waals surface area contributed by atoms with Gasteiger partial charge in [0.1, 0.15) is 12.2 Å². The maximum absolute atomic E-state index is 12.0. The lowest BCUT2D eigenvalue weighted by molar-refractivity contribution is -0.179. The number of allylic oxidation sites excluding steroid dienone is 2. The fourth-order valence-corrected chi connectivity index (χ4v) is 12.6. The van der Waals surface area contributed by atoms with Gasteiger partial charge in [-0.05, 0) is 114 Å². The molecule has 14 nitrogen and oxygen atoms in total. The number of halogens is 1. The Hall–Kier alpha value is -0.680. The number of rotatable bonds is 11. The number of fused-ring (bicyclic) bond motifs is 5. The molecule has 1 unspecified atom stereocenters. The van der Waals surface area contributed by atoms with Crippen LogP contribution in [0, 0.1) is 43.7 Å². The third-order valence-corrected chi connectivity index (χ3v) is 14.9. The van der Waals surface area contributed by atoms with Gasteiger partial charge in [0, 0.05) is 11.5 Å². The standard InChI is InChI=1S/C30H45IO14S3/c1-16(18-10-13-42-27(18)31)6-7-17(2)19-8-11-30(5)21-14-22(43-46(33,34)35)24-25(32)26(45-48(39,40)41)23(44-47(36,37)38)15-28(24,3)20(21)9-12-29(19,30)4/h9-10,13,16-17,19,21-26,32H,6-8,11-12,14-15H2,1-5H3,(H,33,34,35)(H,36,37,38)(H,39,40,41)/p-3/t16?,17-,19-,21-,22+,23+,24+,25-,26-,28-,29-,30+/m1/s1. The molecule has 4 aliphatic carbocycles. The highest BCUT2D eigenvalue weighted by molar-refractivity contribution is 14.1. The molecule has 274 valence electrons. The number of hydrogen-bond donors (Lipinski definition) is 1. The lowest BCUT2D eigenvalue weighted by Crippen LogP contribution is -2.65. The minimum Gasteiger partial charge on any atom is -0.726 e. The van der Waals surface area contributed by atoms with Crippen molar-refractivity contribution in [3.63, 3.8) is 0 Å². The molecule has 3 fully saturated rings. The van der Waals surface area contributed by atoms with Crippen LogP contribution in [-0.4, -0.2) is 68.4 Å². The van der Waals surface area contributed by atoms with Gasteiger partial charge in [-0.2, -0.15) is 0 Å². The Morgan fingerprint density at radius 2 is 1.56 bits per heavy atom. The molecule has 12 atom stereocenters. The summed E-state index contributed by atoms with van der Waals surface area (Å²) in [6.07, 6.45) is -0.313. The summed E-state index contributed by atoms with van der Waals surface area (Å²) < 4.78 is 127. The average molecular weight is 850 g/mol. The van der Waals surface area contributed by atoms with E-state index in [9.17, 15) is 44.0 Å². The van der Waals surface area contributed by atoms with E-state index in [1.807, 2.05) is 12.1 Å². The van der Waals surface area contributed by atoms with Crippen LogP contribution in [0.15, 0.2) is 28.4 Å². The van der Waals surface area contributed by atoms with Gasteiger partial charge in [0.15, 0.2) is 3.77 Å². The summed E-state index contributed by atoms with van der Waals surface area (Å²) in [6.45, 7) is 10.4. The second kappa shape index (κ2) is 13.1. The summed E-state index contributed by atoms with van der Waals surface area (Å²) in [6, 6.07) is 1.99. The summed E-state index contributed by atoms with van der Waals surface area (Å²) in [5, 5.41) is 11.5. The van der Waals surface area contributed by atoms with Gasteiger partial charge >= 0.3 is 0 Å². The number of aliphatic hydroxyl groups is 1. The molecule has 1 aromatic rings. The summed E-state index contributed by atoms with van der Waals surface area (Å²) in [5.74, 6) is -0.841. The summed E-state index contributed by atoms with van der Waals surface area (Å²) in [5.41, 5.74) is -0.179. The van der Waals surface area contributed by atoms with Crippen LogP contribution in [0.25, 0.3) is 0 Å². The summed E-state index contributed by atoms with van der Waals surface area (Å²) >= 11 is 2.19. The molecule has 5 rings (SSSR count). The predicted molar refractivity (Wildman–Crippen MR) is 174 cm³/mol. The van der Waals surface area contributed by atoms with Crippen LogP contribution >= 0.6 is 22.6 Å². The molecule has 1 N–H and O–H groups in total. The van der Waals surface area contributed by atoms with Gasteiger partial charge < -0.3 is 23.2 Å². The molecule has 3 saturated carbocycles. The number of furan rings is 1. The molecular formula is C30H42IO14S3-3. The summed E-state index contributed by atoms with van der Waals surface area (Å²) in [7, 11) is -16.4. The fraction of sp³-hybridized carbons (Fsp3) is 0.800. The topological polar surface area (TPSA) is 233 Å². The zero-order chi connectivity index (χ0) is 35.8. The maximum atomic E-state index is 12.0. The molecule has 18 heteroatoms. The third-order valence-electron chi connectivity index (χ3n) is 12.6. The zero-order valence-corrected chi connectivity index (χ0v) is 31.8. The molecule has 1 heterocycles. The van der Waals surface area contributed by atoms with Gasteiger partial charge in [0.2, 0.25) is 31.2 Å². The smallest absolute Gasteiger partial charge is 0.218 e. The van der Waals surface area contributed by atoms with E-state index in [1.54, 1.807) is 13.2 Å². The third kappa shape index (κ3) is 7.18. The van der Waals surface area contributed by atoms with Gasteiger partial charge in [-0.3, -0.25) is 12.5 Å². The van der Waals surface area contributed by atoms with E-state index in [0.29, 0.717) is 18.3 Å². The Bertz CT molecular complexity index is 1740. The van der Waals surface area contributed by atoms with Gasteiger partial charge in [-0.25, -0.2) is 25.3 Å². The molecule has 0 amide bonds. The average Bonchev–Trinajstić information content (AvgIpc) is 3.47. The quantitative estimate of drug-likeness (QED) is 0.143. The lowest BCUT2D eigenvalue weighted by atomic mass is 9.43. The Morgan fingerprint density at radius 1 is 0.958 bits per heavy atom. The van der Waals surface area contributed by atoms with Crippen LogP contribution < -0.4 is 0 Å². The highest BCUT2D eigenvalue weighted by Gasteiger charge is 2.68. The van der Waals surface area contributed by atoms with Crippen molar-refractivity contribution in [3.8, 4) is 0 Å². The van der Waals surface area contributed by atoms with Crippen LogP contribution in [0.3, 0.4) is 0 Å². The van der Waals surface area contributed by atoms with E-state index >= 15 is 0 Å². The zero-order valence-electron chi connectivity index (χ0n) is 27.2. The normalized spacial score (nSPS) is 40.0. The highest BCUT2D eigenvalue weighted by Crippen LogP contribution is 2.72. The molecule has 0 saturated heterocycles. The Labute approximate surface area is 296 Å². The van der Waals surface area contributed by atoms with Crippen LogP contribution in [0.4, 0.5) is 0 Å². The first-order chi connectivity index (χ1) is 21.9. The van der Waals surface area contributed by atoms with Crippen molar-refractivity contribution in [1.29, 1.82) is 0 Å². The van der Waals surface area contributed by atoms with Crippen LogP contribution in [0.2, 0.25) is 0 Å². The van der Waals surface area contributed by atoms with Gasteiger partial charge in [-0.1, -0.05) is 46.3 Å². The fourth-order valence-electron chi connectivity index (χ4n) is 10.2. The Morgan fingerprint density at radius 3 is 2.12 bits per heavy atom. The van der Waals surface area contributed by atoms with Gasteiger partial charge in [0.05, 0.1) is 18.5 Å². The SMILES string of the molecule is CC(CC[C@@H](C)[C@H]1CC[C@@]2(C)[C@@H]3C[C@H](OS(=O)(=O)[O-])[C@H]4[C@@H](O)[C@H](OS(=O)(=O)[O-])[C@@H](OS(=O)(=O)[O-])C[C@]4(C)C3=CC[C@]12C)c1ccoc1I. The minimum absolute atomic E-state index is 0.0318. The molecule has 0 aliphatic heterocycles. The second-order valence-corrected chi connectivity index (χ2v) is 18.9. The van der Waals surface area contributed by atoms with Crippen LogP contribution in [0.5, 0.6) is 0 Å². The minimum atomic E-state index is -5.58. The monoisotopic (exact) mass is 849 g/mol. The van der Waals surface area contributed by atoms with E-state index < -0.39 is 84.7 Å². The number of aliphatic hydroxyl groups excluding tert-OH is 1. The lowest BCUT2D eigenvalue weighted by Gasteiger charge is -2.64. The van der Waals surface area contributed by atoms with Crippen molar-refractivity contribution in [3.05, 3.63) is 33.3 Å². The van der Waals surface area contributed by atoms with E-state index in [2.05, 4.69) is 58.7 Å². The van der Waals surface area contributed by atoms with E-state index in [0.717, 1.165) is 35.0 Å². The van der Waals surface area contributed by atoms with Crippen molar-refractivity contribution in [1.82, 2.24) is 0 Å². The van der Waals surface area contributed by atoms with Gasteiger partial charge in [-0.15, -0.1) is 0 Å². The van der Waals surface area contributed by atoms with Crippen molar-refractivity contribution in [2.75, 3.05) is 0 Å². The molecule has 1 aromatic heterocycles. The van der Waals surface area contributed by atoms with E-state index in [4.69, 9.17) is 8.60 Å². The van der Waals surface area contributed by atoms with Crippen molar-refractivity contribution in [2.45, 2.75) is 110 Å². The largest absolute Gasteiger partial charge is 0.726 e. The number of hydrogen-bond acceptors (Lipinski definition) is 14. The maximum Gasteiger partial charge on any atom is 0.218 e. The summed E-state index contributed by atoms with van der Waals surface area (Å²) in [4.78, 5) is 0. The van der Waals surface area contributed by atoms with Crippen molar-refractivity contribution >= 4 is 53.8 Å². The van der Waals surface area contributed by atoms with Crippen LogP contribution in [0.1, 0.15) is 91.0 Å². The second-order valence-electron chi connectivity index (χ2n) is 14.9. The van der Waals surface area contributed by atoms with E-state index in [-0.39, 0.29) is 17.8 Å². The Balaban J connectivity index is 1.52. The molecule has 4 aliphatic rings. The molecular weight excluding hydrogens is 807 g/mol. The first-order valence-electron chi connectivity index (χ1n) is 15.9. The first-order valence-corrected chi connectivity index (χ1v) is 21.0. The van der Waals surface area contributed by atoms with Crippen molar-refractivity contribution in [2.24, 2.45) is 39.9 Å². The Kier molecular flexibility index (Phi) is 10.5. The van der Waals surface area contributed by atoms with Crippen molar-refractivity contribution < 1.29 is 61.0 Å². The predicted octanol–water partition coefficient (Wildman–Crippen LogP) is 4.10. The molecule has 0 bridgehead atoms. The molecule has 0 spiro atoms. The molecule has 0 radical (unpaired) electrons. The van der Waals surface area contributed by atoms with Gasteiger partial charge in [0.25, 0.3) is 0 Å². The molecule has 48 heavy (non-hydrogen) atoms.